The van der Waals surface area contributed by atoms with E-state index in [0.717, 1.165) is 0 Å². The van der Waals surface area contributed by atoms with E-state index < -0.39 is 82.4 Å². The predicted molar refractivity (Wildman–Crippen MR) is 120 cm³/mol. The summed E-state index contributed by atoms with van der Waals surface area (Å²) < 4.78 is 13.5. The molecule has 36 heavy (non-hydrogen) atoms. The number of phenols is 1. The van der Waals surface area contributed by atoms with Gasteiger partial charge in [-0.1, -0.05) is 30.3 Å². The minimum absolute atomic E-state index is 0.200. The number of nitrogens with two attached hydrogens (primary N) is 1. The molecule has 5 rings (SSSR count). The number of fused-ring (bicyclic) bond motifs is 3. The Morgan fingerprint density at radius 2 is 1.72 bits per heavy atom. The van der Waals surface area contributed by atoms with E-state index in [9.17, 15) is 43.7 Å². The van der Waals surface area contributed by atoms with E-state index in [1.165, 1.54) is 48.5 Å². The molecule has 6 atom stereocenters. The van der Waals surface area contributed by atoms with Crippen molar-refractivity contribution >= 4 is 40.7 Å². The van der Waals surface area contributed by atoms with Crippen LogP contribution in [0.15, 0.2) is 42.5 Å². The van der Waals surface area contributed by atoms with Crippen LogP contribution in [0.5, 0.6) is 5.75 Å². The fraction of sp³-hybridized carbons (Fsp3) is 0.269. The molecular formula is C26H20FNO8. The average Bonchev–Trinajstić information content (AvgIpc) is 2.82. The highest BCUT2D eigenvalue weighted by molar-refractivity contribution is 6.32. The van der Waals surface area contributed by atoms with Crippen LogP contribution in [0.25, 0.3) is 11.6 Å². The van der Waals surface area contributed by atoms with Gasteiger partial charge in [0.1, 0.15) is 11.6 Å². The molecule has 0 bridgehead atoms. The number of aliphatic hydroxyl groups excluding tert-OH is 1. The van der Waals surface area contributed by atoms with Gasteiger partial charge in [-0.15, -0.1) is 0 Å². The highest BCUT2D eigenvalue weighted by atomic mass is 19.1. The molecule has 1 amide bonds. The molecule has 2 aromatic rings. The fourth-order valence-electron chi connectivity index (χ4n) is 5.77. The monoisotopic (exact) mass is 493 g/mol. The first kappa shape index (κ1) is 23.7. The summed E-state index contributed by atoms with van der Waals surface area (Å²) in [5.41, 5.74) is 2.77. The van der Waals surface area contributed by atoms with Crippen LogP contribution in [0.2, 0.25) is 0 Å². The zero-order valence-electron chi connectivity index (χ0n) is 18.6. The number of phenolic OH excluding ortho intramolecular Hbond substituents is 1. The van der Waals surface area contributed by atoms with Gasteiger partial charge in [0.15, 0.2) is 34.7 Å². The smallest absolute Gasteiger partial charge is 0.235 e. The first-order valence-corrected chi connectivity index (χ1v) is 11.1. The minimum Gasteiger partial charge on any atom is -0.507 e. The summed E-state index contributed by atoms with van der Waals surface area (Å²) in [6.07, 6.45) is -0.941. The Balaban J connectivity index is 1.74. The van der Waals surface area contributed by atoms with Gasteiger partial charge in [0.2, 0.25) is 5.91 Å². The van der Waals surface area contributed by atoms with Gasteiger partial charge in [0.25, 0.3) is 0 Å². The zero-order chi connectivity index (χ0) is 26.1. The van der Waals surface area contributed by atoms with Crippen molar-refractivity contribution in [2.24, 2.45) is 29.4 Å². The number of hydrogen-bond donors (Lipinski definition) is 4. The number of carbonyl (C=O) groups is 5. The van der Waals surface area contributed by atoms with Gasteiger partial charge in [-0.05, 0) is 34.9 Å². The second-order valence-electron chi connectivity index (χ2n) is 9.32. The molecule has 2 saturated carbocycles. The van der Waals surface area contributed by atoms with Crippen LogP contribution >= 0.6 is 0 Å². The standard InChI is InChI=1S/C26H20FNO8/c27-11-6-4-10(5-7-11)8-13-12-2-1-3-15(29)17(12)22(32)20-18(13)21(31)14-9-16(30)19(25(28)35)23(33)26(14,36)24(20)34/h1-8,14,18-21,29,31,36H,9H2,(H2,28,35)/b13-8+. The predicted octanol–water partition coefficient (Wildman–Crippen LogP) is 0.435. The largest absolute Gasteiger partial charge is 0.507 e. The molecule has 0 saturated heterocycles. The van der Waals surface area contributed by atoms with E-state index in [1.807, 2.05) is 0 Å². The third kappa shape index (κ3) is 3.11. The van der Waals surface area contributed by atoms with Crippen LogP contribution in [0.4, 0.5) is 4.39 Å². The molecule has 10 heteroatoms. The number of Topliss-reactive ketones (excluding diaryl/α,β-unsaturated/α-hetero) is 4. The van der Waals surface area contributed by atoms with Crippen LogP contribution in [0.3, 0.4) is 0 Å². The molecule has 3 aliphatic carbocycles. The summed E-state index contributed by atoms with van der Waals surface area (Å²) in [6, 6.07) is 9.40. The maximum absolute atomic E-state index is 13.7. The van der Waals surface area contributed by atoms with Gasteiger partial charge >= 0.3 is 0 Å². The number of aliphatic hydroxyl groups is 2. The van der Waals surface area contributed by atoms with Crippen molar-refractivity contribution in [1.82, 2.24) is 0 Å². The fourth-order valence-corrected chi connectivity index (χ4v) is 5.77. The number of amides is 1. The lowest BCUT2D eigenvalue weighted by molar-refractivity contribution is -0.185. The lowest BCUT2D eigenvalue weighted by Gasteiger charge is -2.51. The highest BCUT2D eigenvalue weighted by Crippen LogP contribution is 2.54. The third-order valence-electron chi connectivity index (χ3n) is 7.43. The molecule has 5 N–H and O–H groups in total. The van der Waals surface area contributed by atoms with Gasteiger partial charge in [-0.25, -0.2) is 4.39 Å². The highest BCUT2D eigenvalue weighted by Gasteiger charge is 2.69. The summed E-state index contributed by atoms with van der Waals surface area (Å²) >= 11 is 0. The van der Waals surface area contributed by atoms with Crippen molar-refractivity contribution in [3.05, 3.63) is 65.0 Å². The van der Waals surface area contributed by atoms with Gasteiger partial charge in [-0.3, -0.25) is 24.0 Å². The maximum Gasteiger partial charge on any atom is 0.235 e. The second kappa shape index (κ2) is 8.00. The van der Waals surface area contributed by atoms with E-state index in [1.54, 1.807) is 0 Å². The van der Waals surface area contributed by atoms with Crippen molar-refractivity contribution in [2.75, 3.05) is 0 Å². The van der Waals surface area contributed by atoms with E-state index >= 15 is 0 Å². The van der Waals surface area contributed by atoms with Crippen LogP contribution in [-0.4, -0.2) is 56.1 Å². The summed E-state index contributed by atoms with van der Waals surface area (Å²) in [5.74, 6) is -13.8. The SMILES string of the molecule is NC(=O)C1C(=O)CC2C(O)C3/C(=C/c4ccc(F)cc4)c4cccc(O)c4C(=O)C3C(=O)C2(O)C1=O. The van der Waals surface area contributed by atoms with Crippen LogP contribution in [0, 0.1) is 29.5 Å². The molecule has 6 unspecified atom stereocenters. The van der Waals surface area contributed by atoms with Crippen LogP contribution in [-0.2, 0) is 19.2 Å². The van der Waals surface area contributed by atoms with E-state index in [2.05, 4.69) is 0 Å². The zero-order valence-corrected chi connectivity index (χ0v) is 18.6. The topological polar surface area (TPSA) is 172 Å². The van der Waals surface area contributed by atoms with E-state index in [4.69, 9.17) is 5.73 Å². The van der Waals surface area contributed by atoms with Crippen molar-refractivity contribution in [2.45, 2.75) is 18.1 Å². The first-order valence-electron chi connectivity index (χ1n) is 11.1. The summed E-state index contributed by atoms with van der Waals surface area (Å²) in [5, 5.41) is 33.2. The molecule has 3 aliphatic rings. The Morgan fingerprint density at radius 3 is 2.36 bits per heavy atom. The number of carbonyl (C=O) groups excluding carboxylic acids is 5. The van der Waals surface area contributed by atoms with Crippen molar-refractivity contribution in [3.63, 3.8) is 0 Å². The summed E-state index contributed by atoms with van der Waals surface area (Å²) in [4.78, 5) is 64.6. The summed E-state index contributed by atoms with van der Waals surface area (Å²) in [6.45, 7) is 0. The number of primary amides is 1. The Morgan fingerprint density at radius 1 is 1.06 bits per heavy atom. The molecule has 0 aliphatic heterocycles. The Kier molecular flexibility index (Phi) is 5.27. The van der Waals surface area contributed by atoms with Gasteiger partial charge in [0.05, 0.1) is 17.6 Å². The molecular weight excluding hydrogens is 473 g/mol. The Labute approximate surface area is 203 Å². The molecule has 0 aromatic heterocycles. The van der Waals surface area contributed by atoms with Gasteiger partial charge in [-0.2, -0.15) is 0 Å². The number of ketones is 4. The number of aromatic hydroxyl groups is 1. The molecule has 184 valence electrons. The maximum atomic E-state index is 13.7. The molecule has 2 aromatic carbocycles. The molecule has 0 radical (unpaired) electrons. The number of rotatable bonds is 2. The number of halogens is 1. The molecule has 9 nitrogen and oxygen atoms in total. The van der Waals surface area contributed by atoms with Crippen molar-refractivity contribution in [1.29, 1.82) is 0 Å². The first-order chi connectivity index (χ1) is 17.0. The lowest BCUT2D eigenvalue weighted by Crippen LogP contribution is -2.72. The van der Waals surface area contributed by atoms with Crippen LogP contribution < -0.4 is 5.73 Å². The number of hydrogen-bond acceptors (Lipinski definition) is 8. The van der Waals surface area contributed by atoms with E-state index in [0.29, 0.717) is 5.56 Å². The van der Waals surface area contributed by atoms with Crippen LogP contribution in [0.1, 0.15) is 27.9 Å². The molecule has 2 fully saturated rings. The molecule has 0 heterocycles. The quantitative estimate of drug-likeness (QED) is 0.436. The average molecular weight is 493 g/mol. The van der Waals surface area contributed by atoms with Gasteiger partial charge in [0, 0.05) is 18.3 Å². The van der Waals surface area contributed by atoms with Crippen molar-refractivity contribution < 1.29 is 43.7 Å². The molecule has 0 spiro atoms. The van der Waals surface area contributed by atoms with Gasteiger partial charge < -0.3 is 21.1 Å². The normalized spacial score (nSPS) is 32.6. The Hall–Kier alpha value is -4.02. The van der Waals surface area contributed by atoms with E-state index in [-0.39, 0.29) is 16.7 Å². The minimum atomic E-state index is -3.01. The number of benzene rings is 2. The van der Waals surface area contributed by atoms with Crippen molar-refractivity contribution in [3.8, 4) is 5.75 Å². The summed E-state index contributed by atoms with van der Waals surface area (Å²) in [7, 11) is 0. The lowest BCUT2D eigenvalue weighted by atomic mass is 9.51. The Bertz CT molecular complexity index is 1400. The third-order valence-corrected chi connectivity index (χ3v) is 7.43. The second-order valence-corrected chi connectivity index (χ2v) is 9.32.